The molecule has 3 heterocycles. The number of amides is 1. The number of ether oxygens (including phenoxy) is 1. The fraction of sp³-hybridized carbons (Fsp3) is 0.333. The molecular formula is C21H23N5O3. The summed E-state index contributed by atoms with van der Waals surface area (Å²) in [5, 5.41) is 6.87. The van der Waals surface area contributed by atoms with Crippen molar-refractivity contribution in [3.8, 4) is 11.4 Å². The second-order valence-corrected chi connectivity index (χ2v) is 6.80. The van der Waals surface area contributed by atoms with Gasteiger partial charge in [-0.1, -0.05) is 17.3 Å². The predicted molar refractivity (Wildman–Crippen MR) is 107 cm³/mol. The number of nitrogens with zero attached hydrogens (tertiary/aromatic N) is 4. The van der Waals surface area contributed by atoms with Gasteiger partial charge in [-0.25, -0.2) is 0 Å². The van der Waals surface area contributed by atoms with E-state index in [1.807, 2.05) is 24.3 Å². The van der Waals surface area contributed by atoms with E-state index >= 15 is 0 Å². The first kappa shape index (κ1) is 19.1. The van der Waals surface area contributed by atoms with E-state index < -0.39 is 0 Å². The van der Waals surface area contributed by atoms with Crippen molar-refractivity contribution in [3.63, 3.8) is 0 Å². The fourth-order valence-corrected chi connectivity index (χ4v) is 3.12. The summed E-state index contributed by atoms with van der Waals surface area (Å²) >= 11 is 0. The lowest BCUT2D eigenvalue weighted by molar-refractivity contribution is -0.121. The Hall–Kier alpha value is -3.26. The summed E-state index contributed by atoms with van der Waals surface area (Å²) in [6.45, 7) is 3.85. The Morgan fingerprint density at radius 1 is 1.14 bits per heavy atom. The minimum absolute atomic E-state index is 0.0524. The Kier molecular flexibility index (Phi) is 6.11. The van der Waals surface area contributed by atoms with Gasteiger partial charge in [-0.05, 0) is 29.8 Å². The second kappa shape index (κ2) is 9.29. The number of aromatic nitrogens is 3. The molecule has 1 aliphatic heterocycles. The molecule has 1 aliphatic rings. The number of nitrogens with one attached hydrogen (secondary N) is 1. The van der Waals surface area contributed by atoms with E-state index in [-0.39, 0.29) is 5.91 Å². The summed E-state index contributed by atoms with van der Waals surface area (Å²) in [7, 11) is 0. The highest BCUT2D eigenvalue weighted by atomic mass is 16.5. The summed E-state index contributed by atoms with van der Waals surface area (Å²) in [5.74, 6) is 0.867. The Morgan fingerprint density at radius 2 is 1.97 bits per heavy atom. The maximum absolute atomic E-state index is 12.1. The number of carbonyl (C=O) groups excluding carboxylic acids is 1. The first-order chi connectivity index (χ1) is 14.3. The van der Waals surface area contributed by atoms with Gasteiger partial charge in [0.25, 0.3) is 0 Å². The van der Waals surface area contributed by atoms with E-state index in [4.69, 9.17) is 9.26 Å². The number of hydrogen-bond acceptors (Lipinski definition) is 7. The van der Waals surface area contributed by atoms with E-state index in [0.29, 0.717) is 31.1 Å². The van der Waals surface area contributed by atoms with Crippen molar-refractivity contribution in [3.05, 3.63) is 60.2 Å². The third-order valence-electron chi connectivity index (χ3n) is 4.76. The average molecular weight is 393 g/mol. The topological polar surface area (TPSA) is 93.4 Å². The summed E-state index contributed by atoms with van der Waals surface area (Å²) in [5.41, 5.74) is 3.03. The number of carbonyl (C=O) groups is 1. The van der Waals surface area contributed by atoms with Crippen LogP contribution in [0.25, 0.3) is 11.4 Å². The molecule has 0 spiro atoms. The molecule has 1 fully saturated rings. The maximum atomic E-state index is 12.1. The van der Waals surface area contributed by atoms with Gasteiger partial charge < -0.3 is 19.5 Å². The zero-order chi connectivity index (χ0) is 19.9. The van der Waals surface area contributed by atoms with E-state index in [9.17, 15) is 4.79 Å². The van der Waals surface area contributed by atoms with Crippen LogP contribution in [0.3, 0.4) is 0 Å². The third-order valence-corrected chi connectivity index (χ3v) is 4.76. The van der Waals surface area contributed by atoms with Crippen LogP contribution in [0.5, 0.6) is 0 Å². The quantitative estimate of drug-likeness (QED) is 0.658. The molecule has 29 heavy (non-hydrogen) atoms. The highest BCUT2D eigenvalue weighted by Gasteiger charge is 2.12. The van der Waals surface area contributed by atoms with Crippen molar-refractivity contribution in [2.45, 2.75) is 19.4 Å². The normalized spacial score (nSPS) is 14.0. The lowest BCUT2D eigenvalue weighted by Gasteiger charge is -2.28. The largest absolute Gasteiger partial charge is 0.378 e. The molecule has 4 rings (SSSR count). The van der Waals surface area contributed by atoms with Gasteiger partial charge in [0.1, 0.15) is 0 Å². The first-order valence-electron chi connectivity index (χ1n) is 9.69. The molecule has 0 unspecified atom stereocenters. The standard InChI is InChI=1S/C21H23N5O3/c27-19(7-8-20-24-21(25-29-20)17-2-1-9-22-15-17)23-14-16-3-5-18(6-4-16)26-10-12-28-13-11-26/h1-6,9,15H,7-8,10-14H2,(H,23,27). The van der Waals surface area contributed by atoms with Gasteiger partial charge in [0, 0.05) is 56.1 Å². The molecule has 8 heteroatoms. The fourth-order valence-electron chi connectivity index (χ4n) is 3.12. The van der Waals surface area contributed by atoms with Gasteiger partial charge in [-0.3, -0.25) is 9.78 Å². The molecule has 0 aliphatic carbocycles. The molecule has 150 valence electrons. The number of hydrogen-bond donors (Lipinski definition) is 1. The van der Waals surface area contributed by atoms with Crippen molar-refractivity contribution in [1.82, 2.24) is 20.4 Å². The summed E-state index contributed by atoms with van der Waals surface area (Å²) in [4.78, 5) is 22.8. The molecule has 3 aromatic rings. The van der Waals surface area contributed by atoms with Gasteiger partial charge in [0.05, 0.1) is 13.2 Å². The Balaban J connectivity index is 1.22. The smallest absolute Gasteiger partial charge is 0.227 e. The minimum Gasteiger partial charge on any atom is -0.378 e. The van der Waals surface area contributed by atoms with Crippen LogP contribution in [-0.4, -0.2) is 47.3 Å². The van der Waals surface area contributed by atoms with Crippen molar-refractivity contribution < 1.29 is 14.1 Å². The van der Waals surface area contributed by atoms with Crippen molar-refractivity contribution in [2.75, 3.05) is 31.2 Å². The number of rotatable bonds is 7. The van der Waals surface area contributed by atoms with Gasteiger partial charge in [-0.15, -0.1) is 0 Å². The van der Waals surface area contributed by atoms with Crippen LogP contribution in [-0.2, 0) is 22.5 Å². The summed E-state index contributed by atoms with van der Waals surface area (Å²) in [6.07, 6.45) is 4.05. The van der Waals surface area contributed by atoms with Gasteiger partial charge in [-0.2, -0.15) is 4.98 Å². The van der Waals surface area contributed by atoms with E-state index in [0.717, 1.165) is 37.4 Å². The summed E-state index contributed by atoms with van der Waals surface area (Å²) < 4.78 is 10.6. The minimum atomic E-state index is -0.0524. The third kappa shape index (κ3) is 5.17. The molecular weight excluding hydrogens is 370 g/mol. The molecule has 8 nitrogen and oxygen atoms in total. The molecule has 1 N–H and O–H groups in total. The molecule has 1 aromatic carbocycles. The van der Waals surface area contributed by atoms with Crippen molar-refractivity contribution in [1.29, 1.82) is 0 Å². The van der Waals surface area contributed by atoms with Crippen LogP contribution in [0.15, 0.2) is 53.3 Å². The van der Waals surface area contributed by atoms with E-state index in [2.05, 4.69) is 37.5 Å². The average Bonchev–Trinajstić information content (AvgIpc) is 3.27. The Labute approximate surface area is 168 Å². The Morgan fingerprint density at radius 3 is 2.72 bits per heavy atom. The molecule has 0 saturated carbocycles. The highest BCUT2D eigenvalue weighted by molar-refractivity contribution is 5.76. The number of aryl methyl sites for hydroxylation is 1. The predicted octanol–water partition coefficient (Wildman–Crippen LogP) is 2.22. The number of anilines is 1. The van der Waals surface area contributed by atoms with Crippen molar-refractivity contribution >= 4 is 11.6 Å². The zero-order valence-corrected chi connectivity index (χ0v) is 16.1. The first-order valence-corrected chi connectivity index (χ1v) is 9.69. The summed E-state index contributed by atoms with van der Waals surface area (Å²) in [6, 6.07) is 11.9. The van der Waals surface area contributed by atoms with Gasteiger partial charge in [0.15, 0.2) is 0 Å². The maximum Gasteiger partial charge on any atom is 0.227 e. The number of benzene rings is 1. The molecule has 1 saturated heterocycles. The van der Waals surface area contributed by atoms with Crippen LogP contribution in [0.1, 0.15) is 17.9 Å². The zero-order valence-electron chi connectivity index (χ0n) is 16.1. The van der Waals surface area contributed by atoms with Crippen LogP contribution < -0.4 is 10.2 Å². The van der Waals surface area contributed by atoms with E-state index in [1.165, 1.54) is 5.69 Å². The molecule has 2 aromatic heterocycles. The molecule has 0 bridgehead atoms. The molecule has 0 radical (unpaired) electrons. The lowest BCUT2D eigenvalue weighted by atomic mass is 10.2. The van der Waals surface area contributed by atoms with Crippen LogP contribution in [0, 0.1) is 0 Å². The molecule has 0 atom stereocenters. The van der Waals surface area contributed by atoms with Crippen LogP contribution in [0.4, 0.5) is 5.69 Å². The number of pyridine rings is 1. The second-order valence-electron chi connectivity index (χ2n) is 6.80. The van der Waals surface area contributed by atoms with Crippen molar-refractivity contribution in [2.24, 2.45) is 0 Å². The lowest BCUT2D eigenvalue weighted by Crippen LogP contribution is -2.36. The van der Waals surface area contributed by atoms with Gasteiger partial charge >= 0.3 is 0 Å². The highest BCUT2D eigenvalue weighted by Crippen LogP contribution is 2.17. The van der Waals surface area contributed by atoms with Gasteiger partial charge in [0.2, 0.25) is 17.6 Å². The molecule has 1 amide bonds. The SMILES string of the molecule is O=C(CCc1nc(-c2cccnc2)no1)NCc1ccc(N2CCOCC2)cc1. The van der Waals surface area contributed by atoms with Crippen LogP contribution >= 0.6 is 0 Å². The van der Waals surface area contributed by atoms with Crippen LogP contribution in [0.2, 0.25) is 0 Å². The number of morpholine rings is 1. The monoisotopic (exact) mass is 393 g/mol. The van der Waals surface area contributed by atoms with E-state index in [1.54, 1.807) is 12.4 Å². The Bertz CT molecular complexity index is 921.